The smallest absolute Gasteiger partial charge is 0.137 e. The van der Waals surface area contributed by atoms with Gasteiger partial charge < -0.3 is 15.0 Å². The first-order chi connectivity index (χ1) is 10.8. The van der Waals surface area contributed by atoms with Crippen molar-refractivity contribution >= 4 is 5.69 Å². The van der Waals surface area contributed by atoms with E-state index in [4.69, 9.17) is 10.5 Å². The van der Waals surface area contributed by atoms with Gasteiger partial charge in [0.1, 0.15) is 5.60 Å². The van der Waals surface area contributed by atoms with Crippen molar-refractivity contribution in [1.82, 2.24) is 9.55 Å². The van der Waals surface area contributed by atoms with E-state index < -0.39 is 5.60 Å². The Labute approximate surface area is 129 Å². The summed E-state index contributed by atoms with van der Waals surface area (Å²) >= 11 is 0. The number of fused-ring (bicyclic) bond motifs is 1. The van der Waals surface area contributed by atoms with Crippen LogP contribution in [0.4, 0.5) is 5.69 Å². The maximum Gasteiger partial charge on any atom is 0.137 e. The molecule has 1 aliphatic heterocycles. The predicted molar refractivity (Wildman–Crippen MR) is 85.1 cm³/mol. The van der Waals surface area contributed by atoms with Gasteiger partial charge >= 0.3 is 0 Å². The monoisotopic (exact) mass is 291 g/mol. The zero-order valence-corrected chi connectivity index (χ0v) is 12.1. The molecule has 0 fully saturated rings. The van der Waals surface area contributed by atoms with E-state index in [0.29, 0.717) is 13.2 Å². The lowest BCUT2D eigenvalue weighted by molar-refractivity contribution is -0.0180. The second kappa shape index (κ2) is 5.00. The number of hydrogen-bond donors (Lipinski definition) is 1. The van der Waals surface area contributed by atoms with Gasteiger partial charge in [0.15, 0.2) is 0 Å². The highest BCUT2D eigenvalue weighted by Gasteiger charge is 2.42. The molecule has 0 saturated heterocycles. The molecule has 4 nitrogen and oxygen atoms in total. The van der Waals surface area contributed by atoms with Crippen LogP contribution < -0.4 is 5.73 Å². The third-order valence-corrected chi connectivity index (χ3v) is 4.24. The molecule has 22 heavy (non-hydrogen) atoms. The summed E-state index contributed by atoms with van der Waals surface area (Å²) in [7, 11) is 0. The molecule has 2 aromatic carbocycles. The van der Waals surface area contributed by atoms with E-state index in [0.717, 1.165) is 16.8 Å². The Bertz CT molecular complexity index is 783. The molecule has 1 aromatic heterocycles. The summed E-state index contributed by atoms with van der Waals surface area (Å²) in [5.41, 5.74) is 9.68. The van der Waals surface area contributed by atoms with Crippen molar-refractivity contribution in [3.05, 3.63) is 83.9 Å². The normalized spacial score (nSPS) is 20.0. The molecule has 2 N–H and O–H groups in total. The molecular formula is C18H17N3O. The lowest BCUT2D eigenvalue weighted by Gasteiger charge is -2.30. The van der Waals surface area contributed by atoms with Gasteiger partial charge in [-0.25, -0.2) is 4.98 Å². The lowest BCUT2D eigenvalue weighted by Crippen LogP contribution is -2.32. The van der Waals surface area contributed by atoms with Crippen molar-refractivity contribution in [3.8, 4) is 0 Å². The maximum absolute atomic E-state index is 6.32. The van der Waals surface area contributed by atoms with E-state index in [-0.39, 0.29) is 0 Å². The minimum atomic E-state index is -0.495. The first-order valence-electron chi connectivity index (χ1n) is 7.32. The Morgan fingerprint density at radius 1 is 1.18 bits per heavy atom. The van der Waals surface area contributed by atoms with E-state index in [1.165, 1.54) is 5.56 Å². The summed E-state index contributed by atoms with van der Waals surface area (Å²) < 4.78 is 8.38. The molecule has 2 heterocycles. The van der Waals surface area contributed by atoms with Crippen molar-refractivity contribution in [3.63, 3.8) is 0 Å². The van der Waals surface area contributed by atoms with Crippen LogP contribution in [0.15, 0.2) is 67.3 Å². The fourth-order valence-electron chi connectivity index (χ4n) is 3.21. The quantitative estimate of drug-likeness (QED) is 0.755. The molecule has 4 rings (SSSR count). The number of nitrogen functional groups attached to an aromatic ring is 1. The third kappa shape index (κ3) is 2.00. The van der Waals surface area contributed by atoms with Gasteiger partial charge in [0, 0.05) is 18.1 Å². The minimum absolute atomic E-state index is 0.495. The summed E-state index contributed by atoms with van der Waals surface area (Å²) in [6.45, 7) is 1.26. The summed E-state index contributed by atoms with van der Waals surface area (Å²) in [4.78, 5) is 4.15. The van der Waals surface area contributed by atoms with Crippen LogP contribution in [-0.2, 0) is 23.5 Å². The van der Waals surface area contributed by atoms with Gasteiger partial charge in [0.25, 0.3) is 0 Å². The van der Waals surface area contributed by atoms with Crippen LogP contribution in [-0.4, -0.2) is 9.55 Å². The molecule has 3 aromatic rings. The second-order valence-electron chi connectivity index (χ2n) is 5.63. The highest BCUT2D eigenvalue weighted by atomic mass is 16.5. The molecule has 0 saturated carbocycles. The van der Waals surface area contributed by atoms with Crippen LogP contribution in [0.2, 0.25) is 0 Å². The SMILES string of the molecule is Nc1ccc2c(c1)COC2(Cn1ccnc1)c1ccccc1. The van der Waals surface area contributed by atoms with E-state index in [9.17, 15) is 0 Å². The minimum Gasteiger partial charge on any atom is -0.399 e. The zero-order valence-electron chi connectivity index (χ0n) is 12.1. The molecule has 1 atom stereocenters. The number of rotatable bonds is 3. The zero-order chi connectivity index (χ0) is 15.0. The molecular weight excluding hydrogens is 274 g/mol. The number of nitrogens with two attached hydrogens (primary N) is 1. The van der Waals surface area contributed by atoms with Crippen LogP contribution in [0.5, 0.6) is 0 Å². The number of aromatic nitrogens is 2. The van der Waals surface area contributed by atoms with Crippen LogP contribution in [0.1, 0.15) is 16.7 Å². The summed E-state index contributed by atoms with van der Waals surface area (Å²) in [6, 6.07) is 16.4. The number of nitrogens with zero attached hydrogens (tertiary/aromatic N) is 2. The van der Waals surface area contributed by atoms with E-state index in [1.807, 2.05) is 42.9 Å². The molecule has 0 spiro atoms. The summed E-state index contributed by atoms with van der Waals surface area (Å²) in [6.07, 6.45) is 5.57. The number of imidazole rings is 1. The summed E-state index contributed by atoms with van der Waals surface area (Å²) in [5, 5.41) is 0. The third-order valence-electron chi connectivity index (χ3n) is 4.24. The van der Waals surface area contributed by atoms with Gasteiger partial charge in [-0.2, -0.15) is 0 Å². The molecule has 0 aliphatic carbocycles. The van der Waals surface area contributed by atoms with Crippen molar-refractivity contribution in [2.75, 3.05) is 5.73 Å². The van der Waals surface area contributed by atoms with Gasteiger partial charge in [-0.05, 0) is 28.8 Å². The van der Waals surface area contributed by atoms with E-state index in [2.05, 4.69) is 27.8 Å². The average Bonchev–Trinajstić information content (AvgIpc) is 3.17. The van der Waals surface area contributed by atoms with Crippen molar-refractivity contribution in [1.29, 1.82) is 0 Å². The second-order valence-corrected chi connectivity index (χ2v) is 5.63. The number of ether oxygens (including phenoxy) is 1. The molecule has 0 radical (unpaired) electrons. The fraction of sp³-hybridized carbons (Fsp3) is 0.167. The van der Waals surface area contributed by atoms with E-state index in [1.54, 1.807) is 6.20 Å². The largest absolute Gasteiger partial charge is 0.399 e. The number of anilines is 1. The Morgan fingerprint density at radius 3 is 2.82 bits per heavy atom. The van der Waals surface area contributed by atoms with Gasteiger partial charge in [0.2, 0.25) is 0 Å². The average molecular weight is 291 g/mol. The summed E-state index contributed by atoms with van der Waals surface area (Å²) in [5.74, 6) is 0. The Kier molecular flexibility index (Phi) is 2.98. The van der Waals surface area contributed by atoms with Gasteiger partial charge in [-0.15, -0.1) is 0 Å². The van der Waals surface area contributed by atoms with Crippen LogP contribution in [0.25, 0.3) is 0 Å². The highest BCUT2D eigenvalue weighted by molar-refractivity contribution is 5.51. The van der Waals surface area contributed by atoms with Crippen LogP contribution >= 0.6 is 0 Å². The highest BCUT2D eigenvalue weighted by Crippen LogP contribution is 2.43. The van der Waals surface area contributed by atoms with Crippen LogP contribution in [0, 0.1) is 0 Å². The first-order valence-corrected chi connectivity index (χ1v) is 7.32. The lowest BCUT2D eigenvalue weighted by atomic mass is 9.85. The van der Waals surface area contributed by atoms with Crippen molar-refractivity contribution in [2.24, 2.45) is 0 Å². The first kappa shape index (κ1) is 13.1. The maximum atomic E-state index is 6.32. The van der Waals surface area contributed by atoms with Crippen molar-refractivity contribution < 1.29 is 4.74 Å². The van der Waals surface area contributed by atoms with E-state index >= 15 is 0 Å². The number of benzene rings is 2. The molecule has 110 valence electrons. The molecule has 1 unspecified atom stereocenters. The topological polar surface area (TPSA) is 53.1 Å². The molecule has 0 amide bonds. The van der Waals surface area contributed by atoms with Crippen LogP contribution in [0.3, 0.4) is 0 Å². The Balaban J connectivity index is 1.88. The Hall–Kier alpha value is -2.59. The number of hydrogen-bond acceptors (Lipinski definition) is 3. The van der Waals surface area contributed by atoms with Gasteiger partial charge in [0.05, 0.1) is 19.5 Å². The van der Waals surface area contributed by atoms with Gasteiger partial charge in [-0.3, -0.25) is 0 Å². The van der Waals surface area contributed by atoms with Gasteiger partial charge in [-0.1, -0.05) is 36.4 Å². The Morgan fingerprint density at radius 2 is 2.05 bits per heavy atom. The molecule has 0 bridgehead atoms. The molecule has 4 heteroatoms. The van der Waals surface area contributed by atoms with Crippen molar-refractivity contribution in [2.45, 2.75) is 18.8 Å². The fourth-order valence-corrected chi connectivity index (χ4v) is 3.21. The predicted octanol–water partition coefficient (Wildman–Crippen LogP) is 2.94. The molecule has 1 aliphatic rings. The standard InChI is InChI=1S/C18H17N3O/c19-16-6-7-17-14(10-16)11-22-18(17,12-21-9-8-20-13-21)15-4-2-1-3-5-15/h1-10,13H,11-12,19H2.